The normalized spacial score (nSPS) is 10.2. The number of ether oxygens (including phenoxy) is 2. The molecule has 15 heavy (non-hydrogen) atoms. The molecule has 0 aliphatic rings. The summed E-state index contributed by atoms with van der Waals surface area (Å²) < 4.78 is 10.0. The summed E-state index contributed by atoms with van der Waals surface area (Å²) in [5.41, 5.74) is 2.38. The van der Waals surface area contributed by atoms with Crippen LogP contribution in [0.5, 0.6) is 5.75 Å². The summed E-state index contributed by atoms with van der Waals surface area (Å²) in [4.78, 5) is 0. The third kappa shape index (κ3) is 2.96. The minimum Gasteiger partial charge on any atom is -0.468 e. The topological polar surface area (TPSA) is 58.9 Å². The van der Waals surface area contributed by atoms with E-state index < -0.39 is 7.12 Å². The molecule has 2 N–H and O–H groups in total. The fraction of sp³-hybridized carbons (Fsp3) is 0.400. The van der Waals surface area contributed by atoms with Gasteiger partial charge >= 0.3 is 7.12 Å². The molecule has 5 heteroatoms. The zero-order valence-electron chi connectivity index (χ0n) is 9.15. The molecule has 1 aromatic rings. The smallest absolute Gasteiger partial charge is 0.468 e. The van der Waals surface area contributed by atoms with Crippen LogP contribution < -0.4 is 10.2 Å². The Morgan fingerprint density at radius 3 is 2.33 bits per heavy atom. The van der Waals surface area contributed by atoms with Crippen LogP contribution in [0.25, 0.3) is 0 Å². The Kier molecular flexibility index (Phi) is 4.14. The van der Waals surface area contributed by atoms with Gasteiger partial charge in [0, 0.05) is 12.6 Å². The van der Waals surface area contributed by atoms with Gasteiger partial charge in [-0.2, -0.15) is 0 Å². The van der Waals surface area contributed by atoms with Gasteiger partial charge in [-0.05, 0) is 31.0 Å². The molecule has 0 amide bonds. The van der Waals surface area contributed by atoms with Gasteiger partial charge in [-0.25, -0.2) is 0 Å². The summed E-state index contributed by atoms with van der Waals surface area (Å²) in [5, 5.41) is 18.3. The highest BCUT2D eigenvalue weighted by molar-refractivity contribution is 6.59. The van der Waals surface area contributed by atoms with Crippen LogP contribution in [-0.2, 0) is 4.74 Å². The molecule has 0 aliphatic carbocycles. The van der Waals surface area contributed by atoms with Gasteiger partial charge in [-0.15, -0.1) is 0 Å². The van der Waals surface area contributed by atoms with Crippen LogP contribution in [0.15, 0.2) is 12.1 Å². The Morgan fingerprint density at radius 1 is 1.20 bits per heavy atom. The summed E-state index contributed by atoms with van der Waals surface area (Å²) in [6.45, 7) is 3.92. The van der Waals surface area contributed by atoms with E-state index in [1.54, 1.807) is 12.1 Å². The summed E-state index contributed by atoms with van der Waals surface area (Å²) in [6, 6.07) is 3.47. The Balaban J connectivity index is 3.04. The molecular formula is C10H15BO4. The molecule has 1 rings (SSSR count). The zero-order valence-corrected chi connectivity index (χ0v) is 9.15. The minimum absolute atomic E-state index is 0.0855. The van der Waals surface area contributed by atoms with Crippen molar-refractivity contribution in [2.45, 2.75) is 13.8 Å². The zero-order chi connectivity index (χ0) is 11.4. The first-order valence-electron chi connectivity index (χ1n) is 4.65. The van der Waals surface area contributed by atoms with Crippen LogP contribution in [0, 0.1) is 13.8 Å². The molecule has 0 unspecified atom stereocenters. The fourth-order valence-electron chi connectivity index (χ4n) is 1.26. The predicted octanol–water partition coefficient (Wildman–Crippen LogP) is -0.0341. The van der Waals surface area contributed by atoms with E-state index in [4.69, 9.17) is 19.5 Å². The summed E-state index contributed by atoms with van der Waals surface area (Å²) in [5.74, 6) is 0.440. The molecule has 0 heterocycles. The van der Waals surface area contributed by atoms with E-state index in [2.05, 4.69) is 0 Å². The van der Waals surface area contributed by atoms with Crippen molar-refractivity contribution < 1.29 is 19.5 Å². The van der Waals surface area contributed by atoms with E-state index in [-0.39, 0.29) is 6.79 Å². The van der Waals surface area contributed by atoms with Gasteiger partial charge in [-0.1, -0.05) is 6.07 Å². The van der Waals surface area contributed by atoms with Crippen molar-refractivity contribution in [3.63, 3.8) is 0 Å². The highest BCUT2D eigenvalue weighted by Gasteiger charge is 2.18. The first kappa shape index (κ1) is 12.0. The quantitative estimate of drug-likeness (QED) is 0.541. The monoisotopic (exact) mass is 210 g/mol. The van der Waals surface area contributed by atoms with Crippen molar-refractivity contribution in [3.05, 3.63) is 23.3 Å². The average molecular weight is 210 g/mol. The van der Waals surface area contributed by atoms with Crippen molar-refractivity contribution >= 4 is 12.6 Å². The number of hydrogen-bond acceptors (Lipinski definition) is 4. The lowest BCUT2D eigenvalue weighted by atomic mass is 9.78. The van der Waals surface area contributed by atoms with E-state index in [9.17, 15) is 0 Å². The minimum atomic E-state index is -1.53. The van der Waals surface area contributed by atoms with E-state index >= 15 is 0 Å². The predicted molar refractivity (Wildman–Crippen MR) is 58.2 cm³/mol. The number of hydrogen-bond donors (Lipinski definition) is 2. The molecule has 1 aromatic carbocycles. The van der Waals surface area contributed by atoms with E-state index in [0.29, 0.717) is 11.2 Å². The SMILES string of the molecule is COCOc1cc(C)c(C)cc1B(O)O. The maximum absolute atomic E-state index is 9.15. The first-order chi connectivity index (χ1) is 7.06. The van der Waals surface area contributed by atoms with E-state index in [1.165, 1.54) is 7.11 Å². The molecule has 0 aromatic heterocycles. The molecule has 82 valence electrons. The summed E-state index contributed by atoms with van der Waals surface area (Å²) >= 11 is 0. The standard InChI is InChI=1S/C10H15BO4/c1-7-4-9(11(12)13)10(5-8(7)2)15-6-14-3/h4-5,12-13H,6H2,1-3H3. The van der Waals surface area contributed by atoms with Crippen molar-refractivity contribution in [1.29, 1.82) is 0 Å². The number of rotatable bonds is 4. The van der Waals surface area contributed by atoms with Gasteiger partial charge in [0.1, 0.15) is 5.75 Å². The second-order valence-electron chi connectivity index (χ2n) is 3.40. The molecule has 0 fully saturated rings. The highest BCUT2D eigenvalue weighted by Crippen LogP contribution is 2.15. The molecule has 0 bridgehead atoms. The number of methoxy groups -OCH3 is 1. The maximum Gasteiger partial charge on any atom is 0.492 e. The molecule has 4 nitrogen and oxygen atoms in total. The summed E-state index contributed by atoms with van der Waals surface area (Å²) in [7, 11) is -0.0213. The van der Waals surface area contributed by atoms with Gasteiger partial charge in [0.15, 0.2) is 6.79 Å². The van der Waals surface area contributed by atoms with Crippen molar-refractivity contribution in [2.24, 2.45) is 0 Å². The summed E-state index contributed by atoms with van der Waals surface area (Å²) in [6.07, 6.45) is 0. The Bertz CT molecular complexity index is 338. The molecule has 0 radical (unpaired) electrons. The van der Waals surface area contributed by atoms with Crippen LogP contribution in [0.1, 0.15) is 11.1 Å². The Morgan fingerprint density at radius 2 is 1.80 bits per heavy atom. The van der Waals surface area contributed by atoms with Crippen LogP contribution in [0.2, 0.25) is 0 Å². The third-order valence-corrected chi connectivity index (χ3v) is 2.24. The van der Waals surface area contributed by atoms with Crippen molar-refractivity contribution in [1.82, 2.24) is 0 Å². The van der Waals surface area contributed by atoms with Crippen LogP contribution in [-0.4, -0.2) is 31.1 Å². The van der Waals surface area contributed by atoms with Crippen molar-refractivity contribution in [2.75, 3.05) is 13.9 Å². The van der Waals surface area contributed by atoms with E-state index in [1.807, 2.05) is 13.8 Å². The lowest BCUT2D eigenvalue weighted by Gasteiger charge is -2.12. The van der Waals surface area contributed by atoms with Gasteiger partial charge in [0.05, 0.1) is 0 Å². The van der Waals surface area contributed by atoms with E-state index in [0.717, 1.165) is 11.1 Å². The lowest BCUT2D eigenvalue weighted by molar-refractivity contribution is 0.0516. The van der Waals surface area contributed by atoms with Gasteiger partial charge in [0.2, 0.25) is 0 Å². The molecule has 0 aliphatic heterocycles. The largest absolute Gasteiger partial charge is 0.492 e. The van der Waals surface area contributed by atoms with Crippen LogP contribution in [0.3, 0.4) is 0 Å². The Labute approximate surface area is 89.6 Å². The first-order valence-corrected chi connectivity index (χ1v) is 4.65. The average Bonchev–Trinajstić information content (AvgIpc) is 2.19. The Hall–Kier alpha value is -1.04. The maximum atomic E-state index is 9.15. The second-order valence-corrected chi connectivity index (χ2v) is 3.40. The second kappa shape index (κ2) is 5.16. The van der Waals surface area contributed by atoms with Gasteiger partial charge in [0.25, 0.3) is 0 Å². The molecule has 0 atom stereocenters. The lowest BCUT2D eigenvalue weighted by Crippen LogP contribution is -2.32. The van der Waals surface area contributed by atoms with Crippen LogP contribution >= 0.6 is 0 Å². The number of benzene rings is 1. The molecule has 0 saturated heterocycles. The molecule has 0 saturated carbocycles. The van der Waals surface area contributed by atoms with Gasteiger partial charge in [-0.3, -0.25) is 0 Å². The molecular weight excluding hydrogens is 195 g/mol. The van der Waals surface area contributed by atoms with Crippen molar-refractivity contribution in [3.8, 4) is 5.75 Å². The van der Waals surface area contributed by atoms with Gasteiger partial charge < -0.3 is 19.5 Å². The number of aryl methyl sites for hydroxylation is 2. The molecule has 0 spiro atoms. The van der Waals surface area contributed by atoms with Crippen LogP contribution in [0.4, 0.5) is 0 Å². The third-order valence-electron chi connectivity index (χ3n) is 2.24. The highest BCUT2D eigenvalue weighted by atomic mass is 16.7. The fourth-order valence-corrected chi connectivity index (χ4v) is 1.26.